The second-order valence-corrected chi connectivity index (χ2v) is 3.60. The lowest BCUT2D eigenvalue weighted by atomic mass is 10.1. The average molecular weight is 218 g/mol. The molecule has 0 N–H and O–H groups in total. The van der Waals surface area contributed by atoms with Gasteiger partial charge in [0.1, 0.15) is 18.6 Å². The first-order valence-electron chi connectivity index (χ1n) is 5.59. The monoisotopic (exact) mass is 218 g/mol. The third kappa shape index (κ3) is 3.54. The largest absolute Gasteiger partial charge is 0.489 e. The quantitative estimate of drug-likeness (QED) is 0.542. The molecule has 0 aliphatic rings. The van der Waals surface area contributed by atoms with Crippen LogP contribution in [0.25, 0.3) is 0 Å². The normalized spacial score (nSPS) is 10.6. The van der Waals surface area contributed by atoms with E-state index >= 15 is 0 Å². The van der Waals surface area contributed by atoms with Crippen molar-refractivity contribution >= 4 is 6.29 Å². The van der Waals surface area contributed by atoms with E-state index in [0.717, 1.165) is 29.6 Å². The Morgan fingerprint density at radius 1 is 1.31 bits per heavy atom. The van der Waals surface area contributed by atoms with Crippen LogP contribution in [0.5, 0.6) is 5.75 Å². The predicted molar refractivity (Wildman–Crippen MR) is 65.9 cm³/mol. The molecule has 0 fully saturated rings. The molecule has 0 aromatic heterocycles. The van der Waals surface area contributed by atoms with Crippen molar-refractivity contribution in [2.24, 2.45) is 0 Å². The minimum Gasteiger partial charge on any atom is -0.489 e. The Hall–Kier alpha value is -1.57. The van der Waals surface area contributed by atoms with E-state index in [4.69, 9.17) is 4.74 Å². The zero-order chi connectivity index (χ0) is 11.8. The van der Waals surface area contributed by atoms with E-state index in [1.807, 2.05) is 31.2 Å². The maximum atomic E-state index is 10.5. The predicted octanol–water partition coefficient (Wildman–Crippen LogP) is 3.08. The van der Waals surface area contributed by atoms with Crippen molar-refractivity contribution in [2.45, 2.75) is 26.7 Å². The molecule has 0 aliphatic carbocycles. The van der Waals surface area contributed by atoms with E-state index in [9.17, 15) is 4.79 Å². The van der Waals surface area contributed by atoms with Crippen LogP contribution in [0.3, 0.4) is 0 Å². The van der Waals surface area contributed by atoms with Crippen LogP contribution in [-0.4, -0.2) is 12.9 Å². The van der Waals surface area contributed by atoms with Gasteiger partial charge in [-0.05, 0) is 30.5 Å². The molecular weight excluding hydrogens is 200 g/mol. The van der Waals surface area contributed by atoms with Crippen molar-refractivity contribution in [3.8, 4) is 5.75 Å². The third-order valence-electron chi connectivity index (χ3n) is 2.44. The van der Waals surface area contributed by atoms with Crippen molar-refractivity contribution < 1.29 is 9.53 Å². The average Bonchev–Trinajstić information content (AvgIpc) is 2.29. The standard InChI is InChI=1S/C14H18O2/c1-3-4-5-11-16-14-8-6-7-13(9-10-15)12(14)2/h4-8,10H,3,9,11H2,1-2H3/b5-4-. The van der Waals surface area contributed by atoms with E-state index in [0.29, 0.717) is 13.0 Å². The van der Waals surface area contributed by atoms with Crippen LogP contribution in [-0.2, 0) is 11.2 Å². The molecule has 0 amide bonds. The molecule has 0 unspecified atom stereocenters. The molecule has 1 aromatic rings. The SMILES string of the molecule is CC/C=C\COc1cccc(CC=O)c1C. The molecule has 1 rings (SSSR count). The zero-order valence-electron chi connectivity index (χ0n) is 9.90. The van der Waals surface area contributed by atoms with Gasteiger partial charge in [-0.15, -0.1) is 0 Å². The number of carbonyl (C=O) groups is 1. The van der Waals surface area contributed by atoms with Gasteiger partial charge in [0.25, 0.3) is 0 Å². The molecule has 2 heteroatoms. The molecule has 0 aliphatic heterocycles. The summed E-state index contributed by atoms with van der Waals surface area (Å²) < 4.78 is 5.62. The molecule has 2 nitrogen and oxygen atoms in total. The van der Waals surface area contributed by atoms with E-state index in [1.165, 1.54) is 0 Å². The topological polar surface area (TPSA) is 26.3 Å². The summed E-state index contributed by atoms with van der Waals surface area (Å²) in [5.41, 5.74) is 2.09. The van der Waals surface area contributed by atoms with Crippen LogP contribution in [0.1, 0.15) is 24.5 Å². The first kappa shape index (κ1) is 12.5. The number of allylic oxidation sites excluding steroid dienone is 1. The second kappa shape index (κ2) is 6.83. The Bertz CT molecular complexity index is 367. The molecule has 0 atom stereocenters. The lowest BCUT2D eigenvalue weighted by Crippen LogP contribution is -1.98. The van der Waals surface area contributed by atoms with Gasteiger partial charge in [-0.2, -0.15) is 0 Å². The zero-order valence-corrected chi connectivity index (χ0v) is 9.90. The fraction of sp³-hybridized carbons (Fsp3) is 0.357. The van der Waals surface area contributed by atoms with Gasteiger partial charge in [-0.1, -0.05) is 31.2 Å². The summed E-state index contributed by atoms with van der Waals surface area (Å²) in [5, 5.41) is 0. The lowest BCUT2D eigenvalue weighted by molar-refractivity contribution is -0.107. The summed E-state index contributed by atoms with van der Waals surface area (Å²) in [6, 6.07) is 5.81. The fourth-order valence-electron chi connectivity index (χ4n) is 1.50. The highest BCUT2D eigenvalue weighted by Gasteiger charge is 2.03. The number of benzene rings is 1. The molecule has 86 valence electrons. The smallest absolute Gasteiger partial charge is 0.124 e. The Labute approximate surface area is 96.9 Å². The van der Waals surface area contributed by atoms with Crippen LogP contribution < -0.4 is 4.74 Å². The maximum absolute atomic E-state index is 10.5. The van der Waals surface area contributed by atoms with Crippen molar-refractivity contribution in [3.05, 3.63) is 41.5 Å². The Kier molecular flexibility index (Phi) is 5.34. The molecule has 0 radical (unpaired) electrons. The summed E-state index contributed by atoms with van der Waals surface area (Å²) in [7, 11) is 0. The second-order valence-electron chi connectivity index (χ2n) is 3.60. The van der Waals surface area contributed by atoms with E-state index in [-0.39, 0.29) is 0 Å². The molecular formula is C14H18O2. The lowest BCUT2D eigenvalue weighted by Gasteiger charge is -2.09. The molecule has 0 saturated heterocycles. The first-order valence-corrected chi connectivity index (χ1v) is 5.59. The number of rotatable bonds is 6. The van der Waals surface area contributed by atoms with Crippen molar-refractivity contribution in [1.82, 2.24) is 0 Å². The maximum Gasteiger partial charge on any atom is 0.124 e. The number of carbonyl (C=O) groups excluding carboxylic acids is 1. The number of ether oxygens (including phenoxy) is 1. The molecule has 0 bridgehead atoms. The summed E-state index contributed by atoms with van der Waals surface area (Å²) >= 11 is 0. The van der Waals surface area contributed by atoms with Gasteiger partial charge in [0, 0.05) is 6.42 Å². The van der Waals surface area contributed by atoms with Crippen LogP contribution in [0, 0.1) is 6.92 Å². The summed E-state index contributed by atoms with van der Waals surface area (Å²) in [6.45, 7) is 4.66. The summed E-state index contributed by atoms with van der Waals surface area (Å²) in [5.74, 6) is 0.861. The minimum atomic E-state index is 0.452. The van der Waals surface area contributed by atoms with E-state index in [2.05, 4.69) is 13.0 Å². The molecule has 16 heavy (non-hydrogen) atoms. The molecule has 0 heterocycles. The summed E-state index contributed by atoms with van der Waals surface area (Å²) in [6.07, 6.45) is 6.47. The van der Waals surface area contributed by atoms with E-state index < -0.39 is 0 Å². The van der Waals surface area contributed by atoms with Crippen molar-refractivity contribution in [3.63, 3.8) is 0 Å². The highest BCUT2D eigenvalue weighted by atomic mass is 16.5. The van der Waals surface area contributed by atoms with Crippen molar-refractivity contribution in [1.29, 1.82) is 0 Å². The van der Waals surface area contributed by atoms with Gasteiger partial charge in [0.2, 0.25) is 0 Å². The fourth-order valence-corrected chi connectivity index (χ4v) is 1.50. The number of hydrogen-bond acceptors (Lipinski definition) is 2. The molecule has 0 spiro atoms. The Balaban J connectivity index is 2.68. The van der Waals surface area contributed by atoms with Crippen LogP contribution in [0.4, 0.5) is 0 Å². The van der Waals surface area contributed by atoms with Gasteiger partial charge in [0.15, 0.2) is 0 Å². The van der Waals surface area contributed by atoms with E-state index in [1.54, 1.807) is 0 Å². The summed E-state index contributed by atoms with van der Waals surface area (Å²) in [4.78, 5) is 10.5. The van der Waals surface area contributed by atoms with Gasteiger partial charge in [-0.25, -0.2) is 0 Å². The van der Waals surface area contributed by atoms with Crippen molar-refractivity contribution in [2.75, 3.05) is 6.61 Å². The Morgan fingerprint density at radius 2 is 2.12 bits per heavy atom. The highest BCUT2D eigenvalue weighted by Crippen LogP contribution is 2.21. The minimum absolute atomic E-state index is 0.452. The number of aldehydes is 1. The van der Waals surface area contributed by atoms with Gasteiger partial charge < -0.3 is 9.53 Å². The number of hydrogen-bond donors (Lipinski definition) is 0. The van der Waals surface area contributed by atoms with Gasteiger partial charge in [0.05, 0.1) is 0 Å². The third-order valence-corrected chi connectivity index (χ3v) is 2.44. The Morgan fingerprint density at radius 3 is 2.81 bits per heavy atom. The first-order chi connectivity index (χ1) is 7.79. The van der Waals surface area contributed by atoms with Crippen LogP contribution >= 0.6 is 0 Å². The molecule has 1 aromatic carbocycles. The van der Waals surface area contributed by atoms with Crippen LogP contribution in [0.2, 0.25) is 0 Å². The van der Waals surface area contributed by atoms with Gasteiger partial charge >= 0.3 is 0 Å². The van der Waals surface area contributed by atoms with Crippen LogP contribution in [0.15, 0.2) is 30.4 Å². The highest BCUT2D eigenvalue weighted by molar-refractivity contribution is 5.57. The molecule has 0 saturated carbocycles. The van der Waals surface area contributed by atoms with Gasteiger partial charge in [-0.3, -0.25) is 0 Å².